The second kappa shape index (κ2) is 9.94. The summed E-state index contributed by atoms with van der Waals surface area (Å²) >= 11 is 0. The molecule has 0 amide bonds. The predicted molar refractivity (Wildman–Crippen MR) is 144 cm³/mol. The van der Waals surface area contributed by atoms with Crippen molar-refractivity contribution in [1.29, 1.82) is 0 Å². The molecule has 1 aromatic heterocycles. The van der Waals surface area contributed by atoms with E-state index >= 15 is 0 Å². The van der Waals surface area contributed by atoms with E-state index in [1.165, 1.54) is 12.1 Å². The minimum absolute atomic E-state index is 0.129. The van der Waals surface area contributed by atoms with Gasteiger partial charge < -0.3 is 19.7 Å². The first-order chi connectivity index (χ1) is 18.2. The number of hydrogen-bond acceptors (Lipinski definition) is 5. The Morgan fingerprint density at radius 1 is 0.973 bits per heavy atom. The number of hydrogen-bond donors (Lipinski definition) is 1. The number of nitrogens with one attached hydrogen (secondary N) is 1. The molecule has 0 bridgehead atoms. The SMILES string of the molecule is CCCCn1c(=O)n(-c2ccc(F)cc2)c2c(-c3cccc4c3OCCO4)c(N3CCNCC3)ccc21. The lowest BCUT2D eigenvalue weighted by Crippen LogP contribution is -2.43. The summed E-state index contributed by atoms with van der Waals surface area (Å²) in [4.78, 5) is 16.4. The van der Waals surface area contributed by atoms with Gasteiger partial charge in [-0.3, -0.25) is 9.13 Å². The Morgan fingerprint density at radius 2 is 1.76 bits per heavy atom. The van der Waals surface area contributed by atoms with Crippen LogP contribution in [0, 0.1) is 5.82 Å². The lowest BCUT2D eigenvalue weighted by molar-refractivity contribution is 0.172. The molecule has 4 aromatic rings. The normalized spacial score (nSPS) is 15.4. The maximum atomic E-state index is 14.0. The molecule has 1 saturated heterocycles. The number of aryl methyl sites for hydroxylation is 1. The van der Waals surface area contributed by atoms with Crippen LogP contribution in [-0.4, -0.2) is 48.5 Å². The van der Waals surface area contributed by atoms with E-state index in [0.29, 0.717) is 36.9 Å². The van der Waals surface area contributed by atoms with Gasteiger partial charge in [0.15, 0.2) is 11.5 Å². The summed E-state index contributed by atoms with van der Waals surface area (Å²) in [5, 5.41) is 3.43. The van der Waals surface area contributed by atoms with Crippen LogP contribution in [0.2, 0.25) is 0 Å². The van der Waals surface area contributed by atoms with Gasteiger partial charge >= 0.3 is 5.69 Å². The van der Waals surface area contributed by atoms with E-state index in [1.807, 2.05) is 22.8 Å². The molecule has 1 fully saturated rings. The fourth-order valence-corrected chi connectivity index (χ4v) is 5.40. The third kappa shape index (κ3) is 4.15. The first-order valence-corrected chi connectivity index (χ1v) is 13.1. The molecule has 0 aliphatic carbocycles. The van der Waals surface area contributed by atoms with Gasteiger partial charge in [0.2, 0.25) is 0 Å². The summed E-state index contributed by atoms with van der Waals surface area (Å²) < 4.78 is 29.6. The van der Waals surface area contributed by atoms with Crippen LogP contribution in [0.1, 0.15) is 19.8 Å². The smallest absolute Gasteiger partial charge is 0.333 e. The molecule has 192 valence electrons. The summed E-state index contributed by atoms with van der Waals surface area (Å²) in [7, 11) is 0. The van der Waals surface area contributed by atoms with E-state index in [1.54, 1.807) is 16.7 Å². The van der Waals surface area contributed by atoms with E-state index in [0.717, 1.165) is 66.9 Å². The Kier molecular flexibility index (Phi) is 6.34. The molecular formula is C29H31FN4O3. The van der Waals surface area contributed by atoms with Crippen molar-refractivity contribution < 1.29 is 13.9 Å². The number of benzene rings is 3. The average Bonchev–Trinajstić information content (AvgIpc) is 3.23. The third-order valence-corrected chi connectivity index (χ3v) is 7.18. The molecule has 0 radical (unpaired) electrons. The summed E-state index contributed by atoms with van der Waals surface area (Å²) in [6.45, 7) is 7.15. The molecule has 1 N–H and O–H groups in total. The van der Waals surface area contributed by atoms with Crippen LogP contribution in [0.3, 0.4) is 0 Å². The van der Waals surface area contributed by atoms with E-state index in [4.69, 9.17) is 9.47 Å². The highest BCUT2D eigenvalue weighted by Crippen LogP contribution is 2.46. The lowest BCUT2D eigenvalue weighted by atomic mass is 9.98. The van der Waals surface area contributed by atoms with Gasteiger partial charge in [0.1, 0.15) is 19.0 Å². The Bertz CT molecular complexity index is 1490. The van der Waals surface area contributed by atoms with E-state index in [2.05, 4.69) is 29.3 Å². The standard InChI is InChI=1S/C29H31FN4O3/c1-2-3-15-33-24-12-11-23(32-16-13-31-14-17-32)26(22-5-4-6-25-28(22)37-19-18-36-25)27(24)34(29(33)35)21-9-7-20(30)8-10-21/h4-12,31H,2-3,13-19H2,1H3. The van der Waals surface area contributed by atoms with Gasteiger partial charge in [-0.25, -0.2) is 9.18 Å². The van der Waals surface area contributed by atoms with Crippen LogP contribution in [0.15, 0.2) is 59.4 Å². The number of ether oxygens (including phenoxy) is 2. The van der Waals surface area contributed by atoms with Crippen LogP contribution >= 0.6 is 0 Å². The topological polar surface area (TPSA) is 60.7 Å². The van der Waals surface area contributed by atoms with Crippen LogP contribution in [-0.2, 0) is 6.54 Å². The fourth-order valence-electron chi connectivity index (χ4n) is 5.40. The van der Waals surface area contributed by atoms with Crippen molar-refractivity contribution in [3.63, 3.8) is 0 Å². The number of halogens is 1. The highest BCUT2D eigenvalue weighted by atomic mass is 19.1. The Morgan fingerprint density at radius 3 is 2.54 bits per heavy atom. The quantitative estimate of drug-likeness (QED) is 0.418. The minimum atomic E-state index is -0.337. The Hall–Kier alpha value is -3.78. The molecule has 0 saturated carbocycles. The van der Waals surface area contributed by atoms with Gasteiger partial charge in [-0.15, -0.1) is 0 Å². The number of rotatable bonds is 6. The molecule has 0 spiro atoms. The second-order valence-electron chi connectivity index (χ2n) is 9.49. The summed E-state index contributed by atoms with van der Waals surface area (Å²) in [6, 6.07) is 16.2. The van der Waals surface area contributed by atoms with Crippen LogP contribution < -0.4 is 25.4 Å². The highest BCUT2D eigenvalue weighted by Gasteiger charge is 2.28. The number of unbranched alkanes of at least 4 members (excludes halogenated alkanes) is 1. The number of aromatic nitrogens is 2. The van der Waals surface area contributed by atoms with Gasteiger partial charge in [0.05, 0.1) is 16.7 Å². The maximum absolute atomic E-state index is 14.0. The molecule has 2 aliphatic heterocycles. The van der Waals surface area contributed by atoms with Gasteiger partial charge in [0, 0.05) is 49.5 Å². The van der Waals surface area contributed by atoms with Crippen molar-refractivity contribution in [1.82, 2.24) is 14.5 Å². The average molecular weight is 503 g/mol. The molecule has 3 aromatic carbocycles. The fraction of sp³-hybridized carbons (Fsp3) is 0.345. The molecule has 3 heterocycles. The van der Waals surface area contributed by atoms with Gasteiger partial charge in [-0.1, -0.05) is 25.5 Å². The van der Waals surface area contributed by atoms with E-state index in [-0.39, 0.29) is 11.5 Å². The number of para-hydroxylation sites is 1. The minimum Gasteiger partial charge on any atom is -0.486 e. The van der Waals surface area contributed by atoms with Crippen molar-refractivity contribution in [2.24, 2.45) is 0 Å². The number of anilines is 1. The zero-order valence-electron chi connectivity index (χ0n) is 21.0. The Balaban J connectivity index is 1.72. The summed E-state index contributed by atoms with van der Waals surface area (Å²) in [5.74, 6) is 1.06. The molecule has 6 rings (SSSR count). The van der Waals surface area contributed by atoms with Crippen LogP contribution in [0.25, 0.3) is 27.8 Å². The largest absolute Gasteiger partial charge is 0.486 e. The maximum Gasteiger partial charge on any atom is 0.333 e. The molecule has 2 aliphatic rings. The lowest BCUT2D eigenvalue weighted by Gasteiger charge is -2.32. The molecular weight excluding hydrogens is 471 g/mol. The van der Waals surface area contributed by atoms with Gasteiger partial charge in [-0.2, -0.15) is 0 Å². The molecule has 8 heteroatoms. The molecule has 37 heavy (non-hydrogen) atoms. The van der Waals surface area contributed by atoms with E-state index < -0.39 is 0 Å². The van der Waals surface area contributed by atoms with Crippen molar-refractivity contribution in [3.8, 4) is 28.3 Å². The highest BCUT2D eigenvalue weighted by molar-refractivity contribution is 6.03. The van der Waals surface area contributed by atoms with Gasteiger partial charge in [0.25, 0.3) is 0 Å². The zero-order valence-corrected chi connectivity index (χ0v) is 21.0. The summed E-state index contributed by atoms with van der Waals surface area (Å²) in [5.41, 5.74) is 5.01. The molecule has 7 nitrogen and oxygen atoms in total. The summed E-state index contributed by atoms with van der Waals surface area (Å²) in [6.07, 6.45) is 1.85. The monoisotopic (exact) mass is 502 g/mol. The Labute approximate surface area is 215 Å². The number of nitrogens with zero attached hydrogens (tertiary/aromatic N) is 3. The van der Waals surface area contributed by atoms with Crippen LogP contribution in [0.4, 0.5) is 10.1 Å². The second-order valence-corrected chi connectivity index (χ2v) is 9.49. The van der Waals surface area contributed by atoms with Crippen molar-refractivity contribution in [3.05, 3.63) is 70.9 Å². The van der Waals surface area contributed by atoms with Gasteiger partial charge in [-0.05, 0) is 48.9 Å². The number of fused-ring (bicyclic) bond motifs is 2. The zero-order chi connectivity index (χ0) is 25.4. The van der Waals surface area contributed by atoms with Crippen molar-refractivity contribution in [2.45, 2.75) is 26.3 Å². The number of piperazine rings is 1. The first-order valence-electron chi connectivity index (χ1n) is 13.1. The van der Waals surface area contributed by atoms with Crippen LogP contribution in [0.5, 0.6) is 11.5 Å². The third-order valence-electron chi connectivity index (χ3n) is 7.18. The number of imidazole rings is 1. The first kappa shape index (κ1) is 23.6. The van der Waals surface area contributed by atoms with Crippen molar-refractivity contribution in [2.75, 3.05) is 44.3 Å². The molecule has 0 atom stereocenters. The predicted octanol–water partition coefficient (Wildman–Crippen LogP) is 4.58. The molecule has 0 unspecified atom stereocenters. The van der Waals surface area contributed by atoms with Crippen molar-refractivity contribution >= 4 is 16.7 Å². The van der Waals surface area contributed by atoms with E-state index in [9.17, 15) is 9.18 Å².